The second kappa shape index (κ2) is 9.22. The highest BCUT2D eigenvalue weighted by Gasteiger charge is 2.28. The molecule has 0 bridgehead atoms. The molecule has 0 unspecified atom stereocenters. The first-order valence-electron chi connectivity index (χ1n) is 8.88. The first-order chi connectivity index (χ1) is 13.9. The fourth-order valence-electron chi connectivity index (χ4n) is 2.87. The van der Waals surface area contributed by atoms with Crippen LogP contribution >= 0.6 is 15.9 Å². The van der Waals surface area contributed by atoms with Gasteiger partial charge in [-0.3, -0.25) is 4.79 Å². The van der Waals surface area contributed by atoms with E-state index in [4.69, 9.17) is 0 Å². The zero-order chi connectivity index (χ0) is 20.9. The van der Waals surface area contributed by atoms with Crippen molar-refractivity contribution < 1.29 is 13.2 Å². The Bertz CT molecular complexity index is 1040. The topological polar surface area (TPSA) is 93.5 Å². The molecule has 29 heavy (non-hydrogen) atoms. The smallest absolute Gasteiger partial charge is 0.267 e. The van der Waals surface area contributed by atoms with Crippen LogP contribution in [0.3, 0.4) is 0 Å². The fourth-order valence-corrected chi connectivity index (χ4v) is 4.57. The molecule has 2 aromatic carbocycles. The minimum Gasteiger partial charge on any atom is -0.373 e. The molecule has 1 fully saturated rings. The number of hydrogen-bond acceptors (Lipinski definition) is 5. The van der Waals surface area contributed by atoms with Crippen LogP contribution in [-0.4, -0.2) is 49.7 Å². The van der Waals surface area contributed by atoms with Gasteiger partial charge in [0.1, 0.15) is 11.6 Å². The predicted molar refractivity (Wildman–Crippen MR) is 113 cm³/mol. The third-order valence-corrected chi connectivity index (χ3v) is 6.87. The zero-order valence-corrected chi connectivity index (χ0v) is 17.9. The number of hydrogen-bond donors (Lipinski definition) is 1. The summed E-state index contributed by atoms with van der Waals surface area (Å²) in [5, 5.41) is 12.0. The second-order valence-electron chi connectivity index (χ2n) is 6.37. The van der Waals surface area contributed by atoms with E-state index in [-0.39, 0.29) is 23.6 Å². The highest BCUT2D eigenvalue weighted by Crippen LogP contribution is 2.18. The number of benzene rings is 2. The predicted octanol–water partition coefficient (Wildman–Crippen LogP) is 2.80. The van der Waals surface area contributed by atoms with Crippen molar-refractivity contribution in [3.05, 3.63) is 70.8 Å². The number of piperazine rings is 1. The number of anilines is 1. The van der Waals surface area contributed by atoms with E-state index in [0.717, 1.165) is 4.47 Å². The highest BCUT2D eigenvalue weighted by molar-refractivity contribution is 9.10. The molecule has 3 rings (SSSR count). The molecule has 2 aromatic rings. The first-order valence-corrected chi connectivity index (χ1v) is 11.1. The van der Waals surface area contributed by atoms with E-state index in [1.165, 1.54) is 10.5 Å². The molecule has 9 heteroatoms. The Kier molecular flexibility index (Phi) is 6.69. The molecule has 7 nitrogen and oxygen atoms in total. The number of amides is 1. The fraction of sp³-hybridized carbons (Fsp3) is 0.200. The number of carbonyl (C=O) groups excluding carboxylic acids is 1. The molecule has 150 valence electrons. The van der Waals surface area contributed by atoms with Crippen molar-refractivity contribution in [2.45, 2.75) is 4.90 Å². The van der Waals surface area contributed by atoms with E-state index >= 15 is 0 Å². The maximum Gasteiger partial charge on any atom is 0.267 e. The summed E-state index contributed by atoms with van der Waals surface area (Å²) in [7, 11) is -3.54. The number of nitriles is 1. The van der Waals surface area contributed by atoms with Gasteiger partial charge in [-0.05, 0) is 36.4 Å². The molecular formula is C20H19BrN4O3S. The van der Waals surface area contributed by atoms with Gasteiger partial charge in [0.2, 0.25) is 10.0 Å². The largest absolute Gasteiger partial charge is 0.373 e. The van der Waals surface area contributed by atoms with E-state index in [2.05, 4.69) is 21.2 Å². The lowest BCUT2D eigenvalue weighted by Gasteiger charge is -2.33. The minimum absolute atomic E-state index is 0.0349. The Morgan fingerprint density at radius 1 is 1.03 bits per heavy atom. The number of rotatable bonds is 5. The van der Waals surface area contributed by atoms with Crippen LogP contribution in [0.4, 0.5) is 5.69 Å². The Labute approximate surface area is 178 Å². The van der Waals surface area contributed by atoms with Gasteiger partial charge >= 0.3 is 0 Å². The van der Waals surface area contributed by atoms with Gasteiger partial charge in [0, 0.05) is 42.5 Å². The maximum atomic E-state index is 12.7. The van der Waals surface area contributed by atoms with Gasteiger partial charge in [0.05, 0.1) is 4.90 Å². The van der Waals surface area contributed by atoms with Gasteiger partial charge in [0.25, 0.3) is 5.91 Å². The van der Waals surface area contributed by atoms with E-state index in [0.29, 0.717) is 18.8 Å². The molecule has 0 saturated carbocycles. The molecule has 1 saturated heterocycles. The number of halogens is 1. The molecule has 1 aliphatic heterocycles. The Hall–Kier alpha value is -2.67. The number of sulfonamides is 1. The Balaban J connectivity index is 1.63. The molecule has 0 atom stereocenters. The van der Waals surface area contributed by atoms with Crippen molar-refractivity contribution in [3.8, 4) is 6.07 Å². The van der Waals surface area contributed by atoms with Crippen LogP contribution in [0, 0.1) is 11.3 Å². The van der Waals surface area contributed by atoms with Gasteiger partial charge in [0.15, 0.2) is 0 Å². The van der Waals surface area contributed by atoms with Crippen molar-refractivity contribution in [2.24, 2.45) is 0 Å². The normalized spacial score (nSPS) is 15.6. The third kappa shape index (κ3) is 5.23. The van der Waals surface area contributed by atoms with Crippen molar-refractivity contribution in [1.82, 2.24) is 9.21 Å². The van der Waals surface area contributed by atoms with E-state index in [9.17, 15) is 18.5 Å². The van der Waals surface area contributed by atoms with Crippen LogP contribution in [-0.2, 0) is 14.8 Å². The number of nitrogens with zero attached hydrogens (tertiary/aromatic N) is 3. The summed E-state index contributed by atoms with van der Waals surface area (Å²) in [6, 6.07) is 17.2. The van der Waals surface area contributed by atoms with Gasteiger partial charge in [-0.2, -0.15) is 9.57 Å². The van der Waals surface area contributed by atoms with Crippen LogP contribution in [0.2, 0.25) is 0 Å². The van der Waals surface area contributed by atoms with Crippen LogP contribution in [0.25, 0.3) is 0 Å². The lowest BCUT2D eigenvalue weighted by molar-refractivity contribution is -0.112. The summed E-state index contributed by atoms with van der Waals surface area (Å²) in [5.41, 5.74) is 0.547. The van der Waals surface area contributed by atoms with Crippen molar-refractivity contribution in [1.29, 1.82) is 5.26 Å². The van der Waals surface area contributed by atoms with E-state index < -0.39 is 15.9 Å². The molecule has 1 heterocycles. The van der Waals surface area contributed by atoms with Crippen LogP contribution in [0.1, 0.15) is 0 Å². The molecule has 0 aliphatic carbocycles. The summed E-state index contributed by atoms with van der Waals surface area (Å²) in [5.74, 6) is -0.505. The van der Waals surface area contributed by atoms with Gasteiger partial charge in [-0.15, -0.1) is 0 Å². The summed E-state index contributed by atoms with van der Waals surface area (Å²) in [4.78, 5) is 14.4. The summed E-state index contributed by atoms with van der Waals surface area (Å²) in [6.07, 6.45) is 1.49. The van der Waals surface area contributed by atoms with Crippen LogP contribution in [0.5, 0.6) is 0 Å². The van der Waals surface area contributed by atoms with Crippen LogP contribution in [0.15, 0.2) is 75.7 Å². The minimum atomic E-state index is -3.54. The van der Waals surface area contributed by atoms with Crippen LogP contribution < -0.4 is 5.32 Å². The van der Waals surface area contributed by atoms with Gasteiger partial charge in [-0.1, -0.05) is 34.1 Å². The monoisotopic (exact) mass is 474 g/mol. The molecule has 0 spiro atoms. The number of carbonyl (C=O) groups is 1. The second-order valence-corrected chi connectivity index (χ2v) is 9.22. The molecule has 1 N–H and O–H groups in total. The van der Waals surface area contributed by atoms with Crippen molar-refractivity contribution in [3.63, 3.8) is 0 Å². The Morgan fingerprint density at radius 2 is 1.66 bits per heavy atom. The SMILES string of the molecule is N#C/C(=C/N1CCN(S(=O)(=O)c2ccccc2)CC1)C(=O)Nc1ccc(Br)cc1. The quantitative estimate of drug-likeness (QED) is 0.531. The zero-order valence-electron chi connectivity index (χ0n) is 15.5. The Morgan fingerprint density at radius 3 is 2.24 bits per heavy atom. The summed E-state index contributed by atoms with van der Waals surface area (Å²) < 4.78 is 27.7. The van der Waals surface area contributed by atoms with Crippen molar-refractivity contribution in [2.75, 3.05) is 31.5 Å². The van der Waals surface area contributed by atoms with Crippen molar-refractivity contribution >= 4 is 37.5 Å². The average molecular weight is 475 g/mol. The van der Waals surface area contributed by atoms with E-state index in [1.54, 1.807) is 59.5 Å². The third-order valence-electron chi connectivity index (χ3n) is 4.43. The van der Waals surface area contributed by atoms with Gasteiger partial charge < -0.3 is 10.2 Å². The average Bonchev–Trinajstić information content (AvgIpc) is 2.74. The maximum absolute atomic E-state index is 12.7. The molecule has 0 radical (unpaired) electrons. The first kappa shape index (κ1) is 21.0. The standard InChI is InChI=1S/C20H19BrN4O3S/c21-17-6-8-18(9-7-17)23-20(26)16(14-22)15-24-10-12-25(13-11-24)29(27,28)19-4-2-1-3-5-19/h1-9,15H,10-13H2,(H,23,26)/b16-15-. The highest BCUT2D eigenvalue weighted by atomic mass is 79.9. The molecule has 1 aliphatic rings. The molecule has 1 amide bonds. The van der Waals surface area contributed by atoms with E-state index in [1.807, 2.05) is 6.07 Å². The summed E-state index contributed by atoms with van der Waals surface area (Å²) in [6.45, 7) is 1.34. The van der Waals surface area contributed by atoms with Gasteiger partial charge in [-0.25, -0.2) is 8.42 Å². The molecule has 0 aromatic heterocycles. The summed E-state index contributed by atoms with van der Waals surface area (Å²) >= 11 is 3.32. The molecular weight excluding hydrogens is 456 g/mol. The lowest BCUT2D eigenvalue weighted by atomic mass is 10.2. The lowest BCUT2D eigenvalue weighted by Crippen LogP contribution is -2.46. The number of nitrogens with one attached hydrogen (secondary N) is 1.